The number of benzene rings is 1. The molecule has 3 heteroatoms. The van der Waals surface area contributed by atoms with Crippen molar-refractivity contribution in [3.8, 4) is 0 Å². The molecule has 1 aromatic carbocycles. The van der Waals surface area contributed by atoms with E-state index >= 15 is 0 Å². The van der Waals surface area contributed by atoms with Gasteiger partial charge >= 0.3 is 0 Å². The molecule has 0 radical (unpaired) electrons. The topological polar surface area (TPSA) is 24.1 Å². The third kappa shape index (κ3) is 3.89. The van der Waals surface area contributed by atoms with Crippen LogP contribution in [0.5, 0.6) is 0 Å². The lowest BCUT2D eigenvalue weighted by atomic mass is 9.98. The zero-order valence-electron chi connectivity index (χ0n) is 10.3. The van der Waals surface area contributed by atoms with E-state index in [4.69, 9.17) is 0 Å². The fourth-order valence-corrected chi connectivity index (χ4v) is 2.30. The van der Waals surface area contributed by atoms with Gasteiger partial charge < -0.3 is 10.6 Å². The van der Waals surface area contributed by atoms with Crippen molar-refractivity contribution in [2.75, 3.05) is 20.6 Å². The van der Waals surface area contributed by atoms with Crippen molar-refractivity contribution < 1.29 is 0 Å². The van der Waals surface area contributed by atoms with Gasteiger partial charge in [0.15, 0.2) is 0 Å². The minimum atomic E-state index is 0.450. The molecule has 16 heavy (non-hydrogen) atoms. The quantitative estimate of drug-likeness (QED) is 0.785. The van der Waals surface area contributed by atoms with Crippen LogP contribution in [0.25, 0.3) is 0 Å². The van der Waals surface area contributed by atoms with Gasteiger partial charge in [-0.1, -0.05) is 22.0 Å². The van der Waals surface area contributed by atoms with Crippen LogP contribution in [0.1, 0.15) is 30.0 Å². The molecule has 1 unspecified atom stereocenters. The predicted molar refractivity (Wildman–Crippen MR) is 73.8 cm³/mol. The normalized spacial score (nSPS) is 12.8. The summed E-state index contributed by atoms with van der Waals surface area (Å²) in [7, 11) is 4.03. The molecule has 2 nitrogen and oxygen atoms in total. The van der Waals surface area contributed by atoms with E-state index in [9.17, 15) is 0 Å². The number of rotatable bonds is 6. The van der Waals surface area contributed by atoms with Crippen molar-refractivity contribution >= 4 is 15.9 Å². The van der Waals surface area contributed by atoms with Gasteiger partial charge in [-0.05, 0) is 63.7 Å². The Morgan fingerprint density at radius 1 is 1.31 bits per heavy atom. The van der Waals surface area contributed by atoms with Crippen molar-refractivity contribution in [2.45, 2.75) is 25.8 Å². The first-order valence-corrected chi connectivity index (χ1v) is 6.56. The lowest BCUT2D eigenvalue weighted by Gasteiger charge is -2.19. The average Bonchev–Trinajstić information content (AvgIpc) is 2.28. The molecule has 0 aliphatic rings. The second kappa shape index (κ2) is 7.05. The Kier molecular flexibility index (Phi) is 6.03. The number of aryl methyl sites for hydroxylation is 1. The summed E-state index contributed by atoms with van der Waals surface area (Å²) < 4.78 is 1.15. The predicted octanol–water partition coefficient (Wildman–Crippen LogP) is 3.02. The van der Waals surface area contributed by atoms with E-state index < -0.39 is 0 Å². The minimum Gasteiger partial charge on any atom is -0.320 e. The molecular weight excluding hydrogens is 264 g/mol. The Bertz CT molecular complexity index is 326. The smallest absolute Gasteiger partial charge is 0.0321 e. The van der Waals surface area contributed by atoms with Gasteiger partial charge in [0.25, 0.3) is 0 Å². The molecule has 1 aromatic rings. The van der Waals surface area contributed by atoms with E-state index in [1.54, 1.807) is 0 Å². The van der Waals surface area contributed by atoms with Crippen LogP contribution in [0.4, 0.5) is 0 Å². The van der Waals surface area contributed by atoms with Gasteiger partial charge in [0.2, 0.25) is 0 Å². The zero-order valence-corrected chi connectivity index (χ0v) is 11.9. The molecule has 0 saturated carbocycles. The summed E-state index contributed by atoms with van der Waals surface area (Å²) in [6.07, 6.45) is 2.35. The summed E-state index contributed by atoms with van der Waals surface area (Å²) in [5.41, 5.74) is 2.75. The fraction of sp³-hybridized carbons (Fsp3) is 0.538. The van der Waals surface area contributed by atoms with Crippen LogP contribution in [0.2, 0.25) is 0 Å². The molecule has 0 saturated heterocycles. The molecule has 90 valence electrons. The molecule has 1 rings (SSSR count). The second-order valence-electron chi connectivity index (χ2n) is 4.09. The maximum Gasteiger partial charge on any atom is 0.0321 e. The monoisotopic (exact) mass is 284 g/mol. The van der Waals surface area contributed by atoms with Gasteiger partial charge in [-0.25, -0.2) is 0 Å². The molecule has 2 N–H and O–H groups in total. The van der Waals surface area contributed by atoms with E-state index in [-0.39, 0.29) is 0 Å². The van der Waals surface area contributed by atoms with Crippen molar-refractivity contribution in [1.29, 1.82) is 0 Å². The molecule has 0 heterocycles. The van der Waals surface area contributed by atoms with Crippen LogP contribution in [-0.4, -0.2) is 20.6 Å². The first kappa shape index (κ1) is 13.7. The average molecular weight is 285 g/mol. The Morgan fingerprint density at radius 3 is 2.69 bits per heavy atom. The van der Waals surface area contributed by atoms with Gasteiger partial charge in [-0.3, -0.25) is 0 Å². The molecule has 0 aromatic heterocycles. The van der Waals surface area contributed by atoms with E-state index in [2.05, 4.69) is 51.7 Å². The second-order valence-corrected chi connectivity index (χ2v) is 5.00. The highest BCUT2D eigenvalue weighted by molar-refractivity contribution is 9.10. The van der Waals surface area contributed by atoms with Crippen LogP contribution in [-0.2, 0) is 0 Å². The summed E-state index contributed by atoms with van der Waals surface area (Å²) >= 11 is 3.54. The van der Waals surface area contributed by atoms with Crippen molar-refractivity contribution in [1.82, 2.24) is 10.6 Å². The summed E-state index contributed by atoms with van der Waals surface area (Å²) in [6.45, 7) is 3.25. The van der Waals surface area contributed by atoms with E-state index in [0.717, 1.165) is 17.4 Å². The van der Waals surface area contributed by atoms with Crippen LogP contribution in [0.15, 0.2) is 22.7 Å². The van der Waals surface area contributed by atoms with Crippen molar-refractivity contribution in [2.24, 2.45) is 0 Å². The van der Waals surface area contributed by atoms with E-state index in [1.807, 2.05) is 14.1 Å². The third-order valence-electron chi connectivity index (χ3n) is 2.88. The Hall–Kier alpha value is -0.380. The minimum absolute atomic E-state index is 0.450. The maximum absolute atomic E-state index is 3.54. The first-order valence-electron chi connectivity index (χ1n) is 5.77. The molecule has 1 atom stereocenters. The molecule has 0 aliphatic carbocycles. The number of halogens is 1. The van der Waals surface area contributed by atoms with Gasteiger partial charge in [0, 0.05) is 10.5 Å². The van der Waals surface area contributed by atoms with Crippen LogP contribution in [0.3, 0.4) is 0 Å². The Morgan fingerprint density at radius 2 is 2.06 bits per heavy atom. The summed E-state index contributed by atoms with van der Waals surface area (Å²) in [4.78, 5) is 0. The highest BCUT2D eigenvalue weighted by atomic mass is 79.9. The van der Waals surface area contributed by atoms with Crippen LogP contribution in [0, 0.1) is 6.92 Å². The first-order chi connectivity index (χ1) is 7.69. The molecule has 0 bridgehead atoms. The Labute approximate surface area is 107 Å². The largest absolute Gasteiger partial charge is 0.320 e. The summed E-state index contributed by atoms with van der Waals surface area (Å²) in [6, 6.07) is 6.93. The SMILES string of the molecule is CNCCCC(NC)c1cc(Br)ccc1C. The third-order valence-corrected chi connectivity index (χ3v) is 3.38. The number of nitrogens with one attached hydrogen (secondary N) is 2. The van der Waals surface area contributed by atoms with E-state index in [0.29, 0.717) is 6.04 Å². The lowest BCUT2D eigenvalue weighted by molar-refractivity contribution is 0.516. The van der Waals surface area contributed by atoms with E-state index in [1.165, 1.54) is 17.5 Å². The fourth-order valence-electron chi connectivity index (χ4n) is 1.93. The lowest BCUT2D eigenvalue weighted by Crippen LogP contribution is -2.19. The van der Waals surface area contributed by atoms with Gasteiger partial charge in [0.05, 0.1) is 0 Å². The standard InChI is InChI=1S/C13H21BrN2/c1-10-6-7-11(14)9-12(10)13(16-3)5-4-8-15-2/h6-7,9,13,15-16H,4-5,8H2,1-3H3. The van der Waals surface area contributed by atoms with Gasteiger partial charge in [-0.15, -0.1) is 0 Å². The van der Waals surface area contributed by atoms with Crippen LogP contribution < -0.4 is 10.6 Å². The summed E-state index contributed by atoms with van der Waals surface area (Å²) in [5, 5.41) is 6.58. The molecule has 0 amide bonds. The van der Waals surface area contributed by atoms with Crippen LogP contribution >= 0.6 is 15.9 Å². The highest BCUT2D eigenvalue weighted by Crippen LogP contribution is 2.25. The molecular formula is C13H21BrN2. The zero-order chi connectivity index (χ0) is 12.0. The molecule has 0 fully saturated rings. The van der Waals surface area contributed by atoms with Gasteiger partial charge in [-0.2, -0.15) is 0 Å². The maximum atomic E-state index is 3.54. The Balaban J connectivity index is 2.73. The van der Waals surface area contributed by atoms with Crippen molar-refractivity contribution in [3.63, 3.8) is 0 Å². The molecule has 0 spiro atoms. The molecule has 0 aliphatic heterocycles. The highest BCUT2D eigenvalue weighted by Gasteiger charge is 2.11. The summed E-state index contributed by atoms with van der Waals surface area (Å²) in [5.74, 6) is 0. The van der Waals surface area contributed by atoms with Gasteiger partial charge in [0.1, 0.15) is 0 Å². The number of hydrogen-bond donors (Lipinski definition) is 2. The number of hydrogen-bond acceptors (Lipinski definition) is 2. The van der Waals surface area contributed by atoms with Crippen molar-refractivity contribution in [3.05, 3.63) is 33.8 Å².